The molecule has 0 aliphatic carbocycles. The van der Waals surface area contributed by atoms with Crippen LogP contribution in [0, 0.1) is 0 Å². The Balaban J connectivity index is 1.47. The van der Waals surface area contributed by atoms with Crippen molar-refractivity contribution in [3.63, 3.8) is 0 Å². The molecule has 0 bridgehead atoms. The van der Waals surface area contributed by atoms with Gasteiger partial charge in [-0.05, 0) is 34.4 Å². The van der Waals surface area contributed by atoms with Gasteiger partial charge in [0.15, 0.2) is 0 Å². The maximum Gasteiger partial charge on any atom is 0.256 e. The first-order chi connectivity index (χ1) is 13.7. The van der Waals surface area contributed by atoms with Crippen molar-refractivity contribution < 1.29 is 9.59 Å². The second-order valence-corrected chi connectivity index (χ2v) is 7.03. The van der Waals surface area contributed by atoms with Gasteiger partial charge < -0.3 is 5.32 Å². The average Bonchev–Trinajstić information content (AvgIpc) is 3.00. The maximum atomic E-state index is 13.1. The summed E-state index contributed by atoms with van der Waals surface area (Å²) in [4.78, 5) is 27.1. The monoisotopic (exact) mass is 366 g/mol. The van der Waals surface area contributed by atoms with Crippen LogP contribution in [0.4, 0.5) is 11.4 Å². The smallest absolute Gasteiger partial charge is 0.256 e. The molecule has 1 aliphatic heterocycles. The number of imide groups is 1. The van der Waals surface area contributed by atoms with E-state index in [9.17, 15) is 9.59 Å². The van der Waals surface area contributed by atoms with Gasteiger partial charge in [0.05, 0.1) is 12.1 Å². The highest BCUT2D eigenvalue weighted by atomic mass is 16.2. The molecule has 5 rings (SSSR count). The average molecular weight is 366 g/mol. The number of carbonyl (C=O) groups excluding carboxylic acids is 2. The van der Waals surface area contributed by atoms with Crippen LogP contribution in [0.1, 0.15) is 6.42 Å². The van der Waals surface area contributed by atoms with Gasteiger partial charge in [-0.15, -0.1) is 0 Å². The van der Waals surface area contributed by atoms with E-state index in [2.05, 4.69) is 5.32 Å². The van der Waals surface area contributed by atoms with Gasteiger partial charge in [-0.3, -0.25) is 9.59 Å². The lowest BCUT2D eigenvalue weighted by Gasteiger charge is -2.18. The Morgan fingerprint density at radius 2 is 1.46 bits per heavy atom. The van der Waals surface area contributed by atoms with E-state index in [4.69, 9.17) is 0 Å². The van der Waals surface area contributed by atoms with Crippen LogP contribution in [-0.2, 0) is 9.59 Å². The summed E-state index contributed by atoms with van der Waals surface area (Å²) in [6.07, 6.45) is 0.148. The normalized spacial score (nSPS) is 16.9. The number of anilines is 2. The van der Waals surface area contributed by atoms with Gasteiger partial charge in [0.1, 0.15) is 6.04 Å². The minimum absolute atomic E-state index is 0.148. The van der Waals surface area contributed by atoms with Gasteiger partial charge in [-0.1, -0.05) is 66.7 Å². The number of hydrogen-bond donors (Lipinski definition) is 1. The predicted molar refractivity (Wildman–Crippen MR) is 112 cm³/mol. The number of fused-ring (bicyclic) bond motifs is 2. The molecule has 0 aromatic heterocycles. The first-order valence-corrected chi connectivity index (χ1v) is 9.30. The summed E-state index contributed by atoms with van der Waals surface area (Å²) in [5.41, 5.74) is 1.49. The van der Waals surface area contributed by atoms with Crippen LogP contribution in [0.2, 0.25) is 0 Å². The fourth-order valence-corrected chi connectivity index (χ4v) is 3.88. The molecule has 1 N–H and O–H groups in total. The van der Waals surface area contributed by atoms with Gasteiger partial charge in [-0.2, -0.15) is 0 Å². The van der Waals surface area contributed by atoms with Crippen LogP contribution in [0.15, 0.2) is 84.9 Å². The summed E-state index contributed by atoms with van der Waals surface area (Å²) in [6, 6.07) is 26.9. The van der Waals surface area contributed by atoms with Crippen molar-refractivity contribution in [3.8, 4) is 0 Å². The lowest BCUT2D eigenvalue weighted by atomic mass is 10.1. The second kappa shape index (κ2) is 6.50. The third kappa shape index (κ3) is 2.70. The number of carbonyl (C=O) groups is 2. The van der Waals surface area contributed by atoms with Gasteiger partial charge >= 0.3 is 0 Å². The standard InChI is InChI=1S/C24H18N2O2/c27-23-15-21(25-19-13-12-16-6-1-2-8-18(16)14-19)24(28)26(23)22-11-5-9-17-7-3-4-10-20(17)22/h1-14,21,25H,15H2/t21-/m1/s1. The van der Waals surface area contributed by atoms with E-state index in [1.165, 1.54) is 4.90 Å². The van der Waals surface area contributed by atoms with E-state index in [0.717, 1.165) is 27.2 Å². The van der Waals surface area contributed by atoms with Crippen LogP contribution in [0.25, 0.3) is 21.5 Å². The Bertz CT molecular complexity index is 1230. The molecule has 1 aliphatic rings. The number of nitrogens with zero attached hydrogens (tertiary/aromatic N) is 1. The van der Waals surface area contributed by atoms with Crippen LogP contribution in [-0.4, -0.2) is 17.9 Å². The number of amides is 2. The van der Waals surface area contributed by atoms with E-state index in [1.807, 2.05) is 84.9 Å². The molecular formula is C24H18N2O2. The maximum absolute atomic E-state index is 13.1. The Morgan fingerprint density at radius 1 is 0.750 bits per heavy atom. The van der Waals surface area contributed by atoms with Crippen molar-refractivity contribution in [1.29, 1.82) is 0 Å². The zero-order valence-electron chi connectivity index (χ0n) is 15.1. The van der Waals surface area contributed by atoms with Crippen molar-refractivity contribution in [3.05, 3.63) is 84.9 Å². The third-order valence-electron chi connectivity index (χ3n) is 5.24. The molecule has 1 atom stereocenters. The number of hydrogen-bond acceptors (Lipinski definition) is 3. The summed E-state index contributed by atoms with van der Waals surface area (Å²) in [5.74, 6) is -0.394. The van der Waals surface area contributed by atoms with Crippen LogP contribution < -0.4 is 10.2 Å². The van der Waals surface area contributed by atoms with Crippen molar-refractivity contribution in [2.45, 2.75) is 12.5 Å². The summed E-state index contributed by atoms with van der Waals surface area (Å²) in [7, 11) is 0. The van der Waals surface area contributed by atoms with E-state index in [0.29, 0.717) is 5.69 Å². The number of benzene rings is 4. The van der Waals surface area contributed by atoms with Crippen LogP contribution in [0.5, 0.6) is 0 Å². The van der Waals surface area contributed by atoms with Crippen LogP contribution in [0.3, 0.4) is 0 Å². The fourth-order valence-electron chi connectivity index (χ4n) is 3.88. The van der Waals surface area contributed by atoms with Crippen molar-refractivity contribution >= 4 is 44.7 Å². The quantitative estimate of drug-likeness (QED) is 0.533. The number of nitrogens with one attached hydrogen (secondary N) is 1. The summed E-state index contributed by atoms with van der Waals surface area (Å²) in [6.45, 7) is 0. The molecule has 1 saturated heterocycles. The zero-order chi connectivity index (χ0) is 19.1. The second-order valence-electron chi connectivity index (χ2n) is 7.03. The lowest BCUT2D eigenvalue weighted by Crippen LogP contribution is -2.34. The van der Waals surface area contributed by atoms with Gasteiger partial charge in [0.25, 0.3) is 5.91 Å². The Labute approximate surface area is 162 Å². The molecule has 4 heteroatoms. The topological polar surface area (TPSA) is 49.4 Å². The molecule has 4 aromatic carbocycles. The Kier molecular flexibility index (Phi) is 3.83. The number of rotatable bonds is 3. The predicted octanol–water partition coefficient (Wildman–Crippen LogP) is 4.74. The van der Waals surface area contributed by atoms with Gasteiger partial charge in [0, 0.05) is 11.1 Å². The van der Waals surface area contributed by atoms with E-state index < -0.39 is 6.04 Å². The summed E-state index contributed by atoms with van der Waals surface area (Å²) in [5, 5.41) is 7.39. The van der Waals surface area contributed by atoms with Gasteiger partial charge in [0.2, 0.25) is 5.91 Å². The SMILES string of the molecule is O=C1C[C@@H](Nc2ccc3ccccc3c2)C(=O)N1c1cccc2ccccc12. The van der Waals surface area contributed by atoms with E-state index in [-0.39, 0.29) is 18.2 Å². The minimum atomic E-state index is -0.562. The van der Waals surface area contributed by atoms with Crippen molar-refractivity contribution in [1.82, 2.24) is 0 Å². The Morgan fingerprint density at radius 3 is 2.32 bits per heavy atom. The molecule has 4 aromatic rings. The minimum Gasteiger partial charge on any atom is -0.373 e. The largest absolute Gasteiger partial charge is 0.373 e. The fraction of sp³-hybridized carbons (Fsp3) is 0.0833. The lowest BCUT2D eigenvalue weighted by molar-refractivity contribution is -0.121. The summed E-state index contributed by atoms with van der Waals surface area (Å²) < 4.78 is 0. The van der Waals surface area contributed by atoms with Crippen LogP contribution >= 0.6 is 0 Å². The molecule has 0 spiro atoms. The molecule has 0 saturated carbocycles. The Hall–Kier alpha value is -3.66. The van der Waals surface area contributed by atoms with Crippen molar-refractivity contribution in [2.24, 2.45) is 0 Å². The first kappa shape index (κ1) is 16.5. The molecule has 0 radical (unpaired) electrons. The summed E-state index contributed by atoms with van der Waals surface area (Å²) >= 11 is 0. The zero-order valence-corrected chi connectivity index (χ0v) is 15.1. The molecule has 2 amide bonds. The highest BCUT2D eigenvalue weighted by Crippen LogP contribution is 2.31. The molecule has 0 unspecified atom stereocenters. The molecule has 1 heterocycles. The van der Waals surface area contributed by atoms with E-state index >= 15 is 0 Å². The third-order valence-corrected chi connectivity index (χ3v) is 5.24. The highest BCUT2D eigenvalue weighted by molar-refractivity contribution is 6.25. The molecule has 136 valence electrons. The molecule has 28 heavy (non-hydrogen) atoms. The van der Waals surface area contributed by atoms with Gasteiger partial charge in [-0.25, -0.2) is 4.90 Å². The molecular weight excluding hydrogens is 348 g/mol. The first-order valence-electron chi connectivity index (χ1n) is 9.30. The van der Waals surface area contributed by atoms with Crippen molar-refractivity contribution in [2.75, 3.05) is 10.2 Å². The highest BCUT2D eigenvalue weighted by Gasteiger charge is 2.40. The molecule has 1 fully saturated rings. The van der Waals surface area contributed by atoms with E-state index in [1.54, 1.807) is 0 Å². The molecule has 4 nitrogen and oxygen atoms in total.